The highest BCUT2D eigenvalue weighted by atomic mass is 35.5. The van der Waals surface area contributed by atoms with Crippen LogP contribution in [0.25, 0.3) is 21.6 Å². The second kappa shape index (κ2) is 7.32. The number of ether oxygens (including phenoxy) is 1. The predicted octanol–water partition coefficient (Wildman–Crippen LogP) is 5.63. The second-order valence-electron chi connectivity index (χ2n) is 5.70. The third-order valence-corrected chi connectivity index (χ3v) is 5.28. The molecule has 0 amide bonds. The largest absolute Gasteiger partial charge is 0.497 e. The van der Waals surface area contributed by atoms with E-state index in [2.05, 4.69) is 5.32 Å². The second-order valence-corrected chi connectivity index (χ2v) is 7.06. The number of fused-ring (bicyclic) bond motifs is 1. The molecule has 0 atom stereocenters. The number of hydrogen-bond acceptors (Lipinski definition) is 5. The highest BCUT2D eigenvalue weighted by molar-refractivity contribution is 7.13. The van der Waals surface area contributed by atoms with E-state index in [4.69, 9.17) is 26.3 Å². The summed E-state index contributed by atoms with van der Waals surface area (Å²) in [4.78, 5) is 10.5. The number of rotatable bonds is 5. The summed E-state index contributed by atoms with van der Waals surface area (Å²) in [6, 6.07) is 17.6. The normalized spacial score (nSPS) is 10.8. The Morgan fingerprint density at radius 1 is 1.08 bits per heavy atom. The molecule has 2 aromatic heterocycles. The van der Waals surface area contributed by atoms with Crippen LogP contribution in [0, 0.1) is 0 Å². The molecule has 2 heterocycles. The Kier molecular flexibility index (Phi) is 4.73. The first-order valence-corrected chi connectivity index (χ1v) is 9.37. The first-order valence-electron chi connectivity index (χ1n) is 8.11. The van der Waals surface area contributed by atoms with E-state index in [9.17, 15) is 0 Å². The van der Waals surface area contributed by atoms with Gasteiger partial charge in [-0.05, 0) is 41.3 Å². The van der Waals surface area contributed by atoms with Gasteiger partial charge in [-0.25, -0.2) is 9.97 Å². The van der Waals surface area contributed by atoms with Crippen molar-refractivity contribution in [1.82, 2.24) is 9.97 Å². The van der Waals surface area contributed by atoms with Crippen molar-refractivity contribution in [3.63, 3.8) is 0 Å². The van der Waals surface area contributed by atoms with Crippen molar-refractivity contribution >= 4 is 39.7 Å². The molecule has 4 aromatic rings. The highest BCUT2D eigenvalue weighted by Gasteiger charge is 2.12. The fourth-order valence-corrected chi connectivity index (χ4v) is 3.57. The Bertz CT molecular complexity index is 1050. The Morgan fingerprint density at radius 2 is 1.96 bits per heavy atom. The average Bonchev–Trinajstić information content (AvgIpc) is 3.21. The molecule has 0 aliphatic rings. The van der Waals surface area contributed by atoms with Crippen LogP contribution in [0.1, 0.15) is 5.56 Å². The zero-order valence-electron chi connectivity index (χ0n) is 14.1. The predicted molar refractivity (Wildman–Crippen MR) is 108 cm³/mol. The first kappa shape index (κ1) is 16.8. The molecular weight excluding hydrogens is 366 g/mol. The number of nitrogens with one attached hydrogen (secondary N) is 1. The molecule has 4 nitrogen and oxygen atoms in total. The lowest BCUT2D eigenvalue weighted by molar-refractivity contribution is 0.415. The van der Waals surface area contributed by atoms with Crippen molar-refractivity contribution < 1.29 is 4.74 Å². The third kappa shape index (κ3) is 3.36. The number of benzene rings is 2. The smallest absolute Gasteiger partial charge is 0.172 e. The van der Waals surface area contributed by atoms with Crippen LogP contribution in [0.5, 0.6) is 5.75 Å². The maximum atomic E-state index is 6.28. The Hall–Kier alpha value is -2.63. The standard InChI is InChI=1S/C20H16ClN3OS/c1-25-14-8-9-17-15(11-14)19(22-12-13-5-2-3-6-16(13)21)24-20(23-17)18-7-4-10-26-18/h2-11H,12H2,1H3,(H,22,23,24). The number of aromatic nitrogens is 2. The number of nitrogens with zero attached hydrogens (tertiary/aromatic N) is 2. The lowest BCUT2D eigenvalue weighted by Gasteiger charge is -2.12. The number of anilines is 1. The Balaban J connectivity index is 1.78. The molecule has 26 heavy (non-hydrogen) atoms. The molecule has 0 spiro atoms. The van der Waals surface area contributed by atoms with E-state index in [0.717, 1.165) is 37.9 Å². The van der Waals surface area contributed by atoms with E-state index in [-0.39, 0.29) is 0 Å². The zero-order valence-corrected chi connectivity index (χ0v) is 15.6. The summed E-state index contributed by atoms with van der Waals surface area (Å²) in [7, 11) is 1.65. The van der Waals surface area contributed by atoms with Crippen LogP contribution >= 0.6 is 22.9 Å². The SMILES string of the molecule is COc1ccc2nc(-c3cccs3)nc(NCc3ccccc3Cl)c2c1. The summed E-state index contributed by atoms with van der Waals surface area (Å²) in [5, 5.41) is 7.08. The van der Waals surface area contributed by atoms with Crippen LogP contribution in [0.15, 0.2) is 60.0 Å². The zero-order chi connectivity index (χ0) is 17.9. The molecular formula is C20H16ClN3OS. The van der Waals surface area contributed by atoms with E-state index < -0.39 is 0 Å². The summed E-state index contributed by atoms with van der Waals surface area (Å²) >= 11 is 7.90. The minimum absolute atomic E-state index is 0.576. The summed E-state index contributed by atoms with van der Waals surface area (Å²) in [5.41, 5.74) is 1.88. The van der Waals surface area contributed by atoms with E-state index in [1.165, 1.54) is 0 Å². The van der Waals surface area contributed by atoms with E-state index in [1.54, 1.807) is 18.4 Å². The third-order valence-electron chi connectivity index (χ3n) is 4.05. The van der Waals surface area contributed by atoms with Gasteiger partial charge in [-0.1, -0.05) is 35.9 Å². The van der Waals surface area contributed by atoms with Crippen LogP contribution < -0.4 is 10.1 Å². The Labute approximate surface area is 160 Å². The van der Waals surface area contributed by atoms with Gasteiger partial charge >= 0.3 is 0 Å². The van der Waals surface area contributed by atoms with E-state index >= 15 is 0 Å². The molecule has 6 heteroatoms. The van der Waals surface area contributed by atoms with Gasteiger partial charge in [-0.15, -0.1) is 11.3 Å². The van der Waals surface area contributed by atoms with Gasteiger partial charge in [-0.3, -0.25) is 0 Å². The molecule has 0 aliphatic carbocycles. The number of halogens is 1. The Morgan fingerprint density at radius 3 is 2.73 bits per heavy atom. The van der Waals surface area contributed by atoms with Crippen LogP contribution in [0.2, 0.25) is 5.02 Å². The molecule has 130 valence electrons. The minimum atomic E-state index is 0.576. The van der Waals surface area contributed by atoms with Crippen molar-refractivity contribution in [3.8, 4) is 16.5 Å². The van der Waals surface area contributed by atoms with Crippen molar-refractivity contribution in [2.45, 2.75) is 6.54 Å². The lowest BCUT2D eigenvalue weighted by atomic mass is 10.2. The van der Waals surface area contributed by atoms with Crippen LogP contribution in [0.3, 0.4) is 0 Å². The van der Waals surface area contributed by atoms with Crippen molar-refractivity contribution in [3.05, 3.63) is 70.6 Å². The van der Waals surface area contributed by atoms with Gasteiger partial charge in [-0.2, -0.15) is 0 Å². The maximum absolute atomic E-state index is 6.28. The van der Waals surface area contributed by atoms with Crippen LogP contribution in [-0.4, -0.2) is 17.1 Å². The number of thiophene rings is 1. The fraction of sp³-hybridized carbons (Fsp3) is 0.100. The molecule has 0 saturated carbocycles. The van der Waals surface area contributed by atoms with Crippen molar-refractivity contribution in [2.75, 3.05) is 12.4 Å². The fourth-order valence-electron chi connectivity index (χ4n) is 2.71. The summed E-state index contributed by atoms with van der Waals surface area (Å²) < 4.78 is 5.36. The molecule has 0 bridgehead atoms. The van der Waals surface area contributed by atoms with Crippen LogP contribution in [0.4, 0.5) is 5.82 Å². The monoisotopic (exact) mass is 381 g/mol. The number of methoxy groups -OCH3 is 1. The van der Waals surface area contributed by atoms with E-state index in [1.807, 2.05) is 60.0 Å². The van der Waals surface area contributed by atoms with E-state index in [0.29, 0.717) is 12.4 Å². The molecule has 1 N–H and O–H groups in total. The van der Waals surface area contributed by atoms with Crippen molar-refractivity contribution in [1.29, 1.82) is 0 Å². The minimum Gasteiger partial charge on any atom is -0.497 e. The molecule has 0 fully saturated rings. The maximum Gasteiger partial charge on any atom is 0.172 e. The van der Waals surface area contributed by atoms with Gasteiger partial charge in [0.2, 0.25) is 0 Å². The van der Waals surface area contributed by atoms with Gasteiger partial charge in [0, 0.05) is 17.0 Å². The van der Waals surface area contributed by atoms with Gasteiger partial charge < -0.3 is 10.1 Å². The molecule has 0 saturated heterocycles. The summed E-state index contributed by atoms with van der Waals surface area (Å²) in [6.07, 6.45) is 0. The topological polar surface area (TPSA) is 47.0 Å². The molecule has 0 unspecified atom stereocenters. The number of hydrogen-bond donors (Lipinski definition) is 1. The van der Waals surface area contributed by atoms with Gasteiger partial charge in [0.25, 0.3) is 0 Å². The first-order chi connectivity index (χ1) is 12.7. The van der Waals surface area contributed by atoms with Crippen molar-refractivity contribution in [2.24, 2.45) is 0 Å². The molecule has 2 aromatic carbocycles. The quantitative estimate of drug-likeness (QED) is 0.486. The summed E-state index contributed by atoms with van der Waals surface area (Å²) in [5.74, 6) is 2.24. The average molecular weight is 382 g/mol. The summed E-state index contributed by atoms with van der Waals surface area (Å²) in [6.45, 7) is 0.576. The van der Waals surface area contributed by atoms with Gasteiger partial charge in [0.05, 0.1) is 17.5 Å². The van der Waals surface area contributed by atoms with Gasteiger partial charge in [0.15, 0.2) is 5.82 Å². The lowest BCUT2D eigenvalue weighted by Crippen LogP contribution is -2.04. The molecule has 0 aliphatic heterocycles. The van der Waals surface area contributed by atoms with Crippen LogP contribution in [-0.2, 0) is 6.54 Å². The van der Waals surface area contributed by atoms with Gasteiger partial charge in [0.1, 0.15) is 11.6 Å². The molecule has 4 rings (SSSR count). The molecule has 0 radical (unpaired) electrons. The highest BCUT2D eigenvalue weighted by Crippen LogP contribution is 2.30.